The molecular formula is C34H33N5O2. The van der Waals surface area contributed by atoms with Crippen molar-refractivity contribution in [2.45, 2.75) is 51.7 Å². The molecule has 0 bridgehead atoms. The van der Waals surface area contributed by atoms with Gasteiger partial charge in [0.25, 0.3) is 11.8 Å². The van der Waals surface area contributed by atoms with Crippen molar-refractivity contribution < 1.29 is 9.59 Å². The molecule has 7 nitrogen and oxygen atoms in total. The van der Waals surface area contributed by atoms with Crippen molar-refractivity contribution in [3.63, 3.8) is 0 Å². The van der Waals surface area contributed by atoms with Gasteiger partial charge in [-0.05, 0) is 68.1 Å². The number of para-hydroxylation sites is 1. The zero-order valence-electron chi connectivity index (χ0n) is 23.3. The second-order valence-corrected chi connectivity index (χ2v) is 11.0. The molecule has 7 heteroatoms. The summed E-state index contributed by atoms with van der Waals surface area (Å²) in [5.41, 5.74) is 6.88. The number of hydrogen-bond donors (Lipinski definition) is 0. The fraction of sp³-hybridized carbons (Fsp3) is 0.294. The fourth-order valence-electron chi connectivity index (χ4n) is 6.83. The molecule has 0 saturated carbocycles. The topological polar surface area (TPSA) is 71.3 Å². The van der Waals surface area contributed by atoms with E-state index >= 15 is 0 Å². The number of pyridine rings is 2. The quantitative estimate of drug-likeness (QED) is 0.219. The Labute approximate surface area is 239 Å². The van der Waals surface area contributed by atoms with Gasteiger partial charge in [-0.1, -0.05) is 43.3 Å². The second kappa shape index (κ2) is 10.6. The van der Waals surface area contributed by atoms with Gasteiger partial charge in [-0.3, -0.25) is 29.4 Å². The van der Waals surface area contributed by atoms with Gasteiger partial charge in [0.15, 0.2) is 0 Å². The zero-order chi connectivity index (χ0) is 27.9. The van der Waals surface area contributed by atoms with Crippen LogP contribution in [0, 0.1) is 0 Å². The summed E-state index contributed by atoms with van der Waals surface area (Å²) in [6.07, 6.45) is 7.84. The summed E-state index contributed by atoms with van der Waals surface area (Å²) in [6, 6.07) is 22.2. The van der Waals surface area contributed by atoms with Gasteiger partial charge in [0.05, 0.1) is 34.1 Å². The largest absolute Gasteiger partial charge is 0.339 e. The van der Waals surface area contributed by atoms with Gasteiger partial charge in [-0.2, -0.15) is 0 Å². The normalized spacial score (nSPS) is 16.6. The molecule has 2 aromatic carbocycles. The van der Waals surface area contributed by atoms with Crippen molar-refractivity contribution in [2.24, 2.45) is 0 Å². The van der Waals surface area contributed by atoms with E-state index in [-0.39, 0.29) is 17.9 Å². The molecule has 7 rings (SSSR count). The highest BCUT2D eigenvalue weighted by Gasteiger charge is 2.34. The number of imide groups is 1. The van der Waals surface area contributed by atoms with E-state index in [0.29, 0.717) is 30.6 Å². The molecule has 0 N–H and O–H groups in total. The number of aryl methyl sites for hydroxylation is 2. The average Bonchev–Trinajstić information content (AvgIpc) is 3.47. The van der Waals surface area contributed by atoms with E-state index in [4.69, 9.17) is 9.97 Å². The Bertz CT molecular complexity index is 1760. The van der Waals surface area contributed by atoms with Gasteiger partial charge in [0.1, 0.15) is 0 Å². The minimum absolute atomic E-state index is 0.199. The first-order chi connectivity index (χ1) is 20.2. The molecule has 206 valence electrons. The first-order valence-corrected chi connectivity index (χ1v) is 14.6. The first-order valence-electron chi connectivity index (χ1n) is 14.6. The van der Waals surface area contributed by atoms with E-state index in [0.717, 1.165) is 49.1 Å². The summed E-state index contributed by atoms with van der Waals surface area (Å²) in [6.45, 7) is 4.90. The number of rotatable bonds is 8. The number of nitrogens with zero attached hydrogens (tertiary/aromatic N) is 5. The maximum atomic E-state index is 12.9. The third kappa shape index (κ3) is 4.32. The lowest BCUT2D eigenvalue weighted by Gasteiger charge is -2.34. The van der Waals surface area contributed by atoms with Crippen molar-refractivity contribution >= 4 is 33.6 Å². The van der Waals surface area contributed by atoms with Crippen LogP contribution in [0.1, 0.15) is 69.9 Å². The van der Waals surface area contributed by atoms with E-state index in [9.17, 15) is 9.59 Å². The molecule has 2 aliphatic rings. The third-order valence-electron chi connectivity index (χ3n) is 8.76. The van der Waals surface area contributed by atoms with Gasteiger partial charge in [-0.25, -0.2) is 0 Å². The highest BCUT2D eigenvalue weighted by Crippen LogP contribution is 2.36. The zero-order valence-corrected chi connectivity index (χ0v) is 23.3. The van der Waals surface area contributed by atoms with Crippen LogP contribution in [-0.4, -0.2) is 49.2 Å². The first kappa shape index (κ1) is 25.6. The van der Waals surface area contributed by atoms with Crippen LogP contribution in [0.2, 0.25) is 0 Å². The molecule has 1 atom stereocenters. The van der Waals surface area contributed by atoms with Crippen LogP contribution in [0.15, 0.2) is 79.1 Å². The van der Waals surface area contributed by atoms with Crippen molar-refractivity contribution in [1.82, 2.24) is 24.3 Å². The van der Waals surface area contributed by atoms with Crippen LogP contribution in [0.25, 0.3) is 21.8 Å². The minimum Gasteiger partial charge on any atom is -0.339 e. The van der Waals surface area contributed by atoms with E-state index < -0.39 is 0 Å². The standard InChI is InChI=1S/C34H33N5O2/c1-2-37(30-16-7-10-23-11-8-18-36-31(23)30)22-28-32-25(17-19-35-28)24-12-5-6-15-29(24)38(32)20-9-21-39-33(40)26-13-3-4-14-27(26)34(39)41/h3-6,8,11-15,17-19,30H,2,7,9-10,16,20-22H2,1H3/t30-/m0/s1. The molecule has 0 saturated heterocycles. The molecule has 1 aliphatic heterocycles. The molecule has 41 heavy (non-hydrogen) atoms. The molecule has 5 aromatic rings. The minimum atomic E-state index is -0.199. The van der Waals surface area contributed by atoms with Crippen LogP contribution in [0.5, 0.6) is 0 Å². The van der Waals surface area contributed by atoms with Crippen LogP contribution in [0.4, 0.5) is 0 Å². The smallest absolute Gasteiger partial charge is 0.261 e. The van der Waals surface area contributed by atoms with Crippen molar-refractivity contribution in [3.05, 3.63) is 107 Å². The predicted octanol–water partition coefficient (Wildman–Crippen LogP) is 6.17. The van der Waals surface area contributed by atoms with Crippen LogP contribution in [-0.2, 0) is 19.5 Å². The second-order valence-electron chi connectivity index (χ2n) is 11.0. The molecular weight excluding hydrogens is 510 g/mol. The number of fused-ring (bicyclic) bond motifs is 5. The number of benzene rings is 2. The number of carbonyl (C=O) groups excluding carboxylic acids is 2. The molecule has 0 spiro atoms. The summed E-state index contributed by atoms with van der Waals surface area (Å²) in [5, 5.41) is 2.38. The number of aromatic nitrogens is 3. The predicted molar refractivity (Wildman–Crippen MR) is 160 cm³/mol. The third-order valence-corrected chi connectivity index (χ3v) is 8.76. The summed E-state index contributed by atoms with van der Waals surface area (Å²) in [5.74, 6) is -0.398. The lowest BCUT2D eigenvalue weighted by Crippen LogP contribution is -2.32. The summed E-state index contributed by atoms with van der Waals surface area (Å²) in [4.78, 5) is 39.5. The van der Waals surface area contributed by atoms with Crippen molar-refractivity contribution in [2.75, 3.05) is 13.1 Å². The number of carbonyl (C=O) groups is 2. The Kier molecular flexibility index (Phi) is 6.59. The molecule has 0 unspecified atom stereocenters. The summed E-state index contributed by atoms with van der Waals surface area (Å²) in [7, 11) is 0. The molecule has 2 amide bonds. The molecule has 4 heterocycles. The van der Waals surface area contributed by atoms with Gasteiger partial charge in [-0.15, -0.1) is 0 Å². The molecule has 0 radical (unpaired) electrons. The Morgan fingerprint density at radius 1 is 0.854 bits per heavy atom. The fourth-order valence-corrected chi connectivity index (χ4v) is 6.83. The van der Waals surface area contributed by atoms with Crippen LogP contribution >= 0.6 is 0 Å². The monoisotopic (exact) mass is 543 g/mol. The molecule has 0 fully saturated rings. The van der Waals surface area contributed by atoms with Gasteiger partial charge in [0.2, 0.25) is 0 Å². The van der Waals surface area contributed by atoms with Crippen LogP contribution in [0.3, 0.4) is 0 Å². The summed E-state index contributed by atoms with van der Waals surface area (Å²) < 4.78 is 2.34. The molecule has 3 aromatic heterocycles. The van der Waals surface area contributed by atoms with E-state index in [2.05, 4.69) is 52.8 Å². The maximum absolute atomic E-state index is 12.9. The van der Waals surface area contributed by atoms with E-state index in [1.54, 1.807) is 12.1 Å². The average molecular weight is 544 g/mol. The van der Waals surface area contributed by atoms with Crippen molar-refractivity contribution in [3.8, 4) is 0 Å². The SMILES string of the molecule is CCN(Cc1nccc2c3ccccc3n(CCCN3C(=O)c4ccccc4C3=O)c12)[C@H]1CCCc2cccnc21. The highest BCUT2D eigenvalue weighted by molar-refractivity contribution is 6.21. The lowest BCUT2D eigenvalue weighted by atomic mass is 9.90. The van der Waals surface area contributed by atoms with Crippen molar-refractivity contribution in [1.29, 1.82) is 0 Å². The van der Waals surface area contributed by atoms with Gasteiger partial charge in [0, 0.05) is 48.3 Å². The Morgan fingerprint density at radius 2 is 1.63 bits per heavy atom. The Morgan fingerprint density at radius 3 is 2.44 bits per heavy atom. The van der Waals surface area contributed by atoms with Gasteiger partial charge >= 0.3 is 0 Å². The lowest BCUT2D eigenvalue weighted by molar-refractivity contribution is 0.0651. The highest BCUT2D eigenvalue weighted by atomic mass is 16.2. The van der Waals surface area contributed by atoms with Crippen LogP contribution < -0.4 is 0 Å². The number of hydrogen-bond acceptors (Lipinski definition) is 5. The summed E-state index contributed by atoms with van der Waals surface area (Å²) >= 11 is 0. The Balaban J connectivity index is 1.21. The van der Waals surface area contributed by atoms with E-state index in [1.807, 2.05) is 30.6 Å². The Hall–Kier alpha value is -4.36. The molecule has 1 aliphatic carbocycles. The van der Waals surface area contributed by atoms with Gasteiger partial charge < -0.3 is 4.57 Å². The van der Waals surface area contributed by atoms with E-state index in [1.165, 1.54) is 26.9 Å². The number of amides is 2. The maximum Gasteiger partial charge on any atom is 0.261 e.